The maximum Gasteiger partial charge on any atom is 0.241 e. The lowest BCUT2D eigenvalue weighted by atomic mass is 9.85. The smallest absolute Gasteiger partial charge is 0.241 e. The molecule has 4 heteroatoms. The molecule has 0 bridgehead atoms. The molecule has 1 aromatic carbocycles. The zero-order valence-corrected chi connectivity index (χ0v) is 12.8. The average Bonchev–Trinajstić information content (AvgIpc) is 2.67. The van der Waals surface area contributed by atoms with Gasteiger partial charge in [0.25, 0.3) is 0 Å². The predicted octanol–water partition coefficient (Wildman–Crippen LogP) is 4.20. The van der Waals surface area contributed by atoms with Crippen molar-refractivity contribution < 1.29 is 9.18 Å². The van der Waals surface area contributed by atoms with E-state index in [1.807, 2.05) is 11.8 Å². The second kappa shape index (κ2) is 5.06. The van der Waals surface area contributed by atoms with Gasteiger partial charge in [0.1, 0.15) is 5.82 Å². The van der Waals surface area contributed by atoms with E-state index < -0.39 is 0 Å². The summed E-state index contributed by atoms with van der Waals surface area (Å²) >= 11 is 1.79. The molecule has 2 aliphatic rings. The molecule has 1 aliphatic heterocycles. The highest BCUT2D eigenvalue weighted by Crippen LogP contribution is 2.52. The molecule has 2 fully saturated rings. The molecule has 1 aromatic rings. The molecule has 1 saturated heterocycles. The van der Waals surface area contributed by atoms with Crippen LogP contribution in [0.5, 0.6) is 0 Å². The topological polar surface area (TPSA) is 20.3 Å². The Balaban J connectivity index is 1.96. The Morgan fingerprint density at radius 3 is 2.40 bits per heavy atom. The molecule has 2 nitrogen and oxygen atoms in total. The van der Waals surface area contributed by atoms with E-state index in [2.05, 4.69) is 6.92 Å². The van der Waals surface area contributed by atoms with Gasteiger partial charge in [-0.15, -0.1) is 11.8 Å². The van der Waals surface area contributed by atoms with E-state index in [1.54, 1.807) is 23.9 Å². The third-order valence-corrected chi connectivity index (χ3v) is 6.10. The molecule has 20 heavy (non-hydrogen) atoms. The van der Waals surface area contributed by atoms with Crippen molar-refractivity contribution in [1.29, 1.82) is 0 Å². The molecule has 1 amide bonds. The zero-order valence-electron chi connectivity index (χ0n) is 11.9. The summed E-state index contributed by atoms with van der Waals surface area (Å²) in [5, 5.41) is -0.00606. The quantitative estimate of drug-likeness (QED) is 0.773. The Kier molecular flexibility index (Phi) is 3.53. The van der Waals surface area contributed by atoms with Crippen molar-refractivity contribution in [1.82, 2.24) is 0 Å². The highest BCUT2D eigenvalue weighted by atomic mass is 32.2. The summed E-state index contributed by atoms with van der Waals surface area (Å²) in [6.45, 7) is 4.26. The van der Waals surface area contributed by atoms with Crippen molar-refractivity contribution in [2.45, 2.75) is 49.7 Å². The lowest BCUT2D eigenvalue weighted by Gasteiger charge is -2.42. The van der Waals surface area contributed by atoms with Crippen LogP contribution in [-0.2, 0) is 4.79 Å². The number of rotatable bonds is 1. The fraction of sp³-hybridized carbons (Fsp3) is 0.562. The summed E-state index contributed by atoms with van der Waals surface area (Å²) in [4.78, 5) is 14.4. The van der Waals surface area contributed by atoms with Crippen LogP contribution in [0.3, 0.4) is 0 Å². The Morgan fingerprint density at radius 1 is 1.20 bits per heavy atom. The van der Waals surface area contributed by atoms with Gasteiger partial charge in [-0.25, -0.2) is 4.39 Å². The maximum absolute atomic E-state index is 13.1. The number of nitrogens with zero attached hydrogens (tertiary/aromatic N) is 1. The van der Waals surface area contributed by atoms with E-state index in [4.69, 9.17) is 0 Å². The van der Waals surface area contributed by atoms with Crippen molar-refractivity contribution >= 4 is 23.4 Å². The van der Waals surface area contributed by atoms with Crippen LogP contribution in [0, 0.1) is 11.7 Å². The molecular weight excluding hydrogens is 273 g/mol. The SMILES string of the molecule is CC1CCC2(CC1)S[C@@H](C)C(=O)N2c1ccc(F)cc1. The molecule has 3 rings (SSSR count). The number of amides is 1. The van der Waals surface area contributed by atoms with Crippen LogP contribution in [0.15, 0.2) is 24.3 Å². The number of carbonyl (C=O) groups is 1. The monoisotopic (exact) mass is 293 g/mol. The largest absolute Gasteiger partial charge is 0.296 e. The van der Waals surface area contributed by atoms with E-state index in [0.29, 0.717) is 0 Å². The van der Waals surface area contributed by atoms with Gasteiger partial charge in [-0.3, -0.25) is 9.69 Å². The summed E-state index contributed by atoms with van der Waals surface area (Å²) in [6, 6.07) is 6.34. The van der Waals surface area contributed by atoms with Gasteiger partial charge in [0.2, 0.25) is 5.91 Å². The van der Waals surface area contributed by atoms with Crippen molar-refractivity contribution in [2.75, 3.05) is 4.90 Å². The van der Waals surface area contributed by atoms with E-state index >= 15 is 0 Å². The lowest BCUT2D eigenvalue weighted by Crippen LogP contribution is -2.47. The van der Waals surface area contributed by atoms with Crippen LogP contribution in [0.25, 0.3) is 0 Å². The van der Waals surface area contributed by atoms with Crippen LogP contribution in [0.4, 0.5) is 10.1 Å². The predicted molar refractivity (Wildman–Crippen MR) is 81.3 cm³/mol. The first-order chi connectivity index (χ1) is 9.52. The maximum atomic E-state index is 13.1. The Hall–Kier alpha value is -1.03. The molecule has 0 unspecified atom stereocenters. The van der Waals surface area contributed by atoms with Crippen LogP contribution in [0.2, 0.25) is 0 Å². The highest BCUT2D eigenvalue weighted by Gasteiger charge is 2.51. The van der Waals surface area contributed by atoms with Gasteiger partial charge >= 0.3 is 0 Å². The minimum Gasteiger partial charge on any atom is -0.296 e. The summed E-state index contributed by atoms with van der Waals surface area (Å²) in [5.41, 5.74) is 0.836. The number of anilines is 1. The Morgan fingerprint density at radius 2 is 1.80 bits per heavy atom. The summed E-state index contributed by atoms with van der Waals surface area (Å²) in [5.74, 6) is 0.644. The number of carbonyl (C=O) groups excluding carboxylic acids is 1. The number of hydrogen-bond donors (Lipinski definition) is 0. The molecule has 1 heterocycles. The number of benzene rings is 1. The van der Waals surface area contributed by atoms with Gasteiger partial charge in [0, 0.05) is 5.69 Å². The van der Waals surface area contributed by atoms with Gasteiger partial charge in [-0.2, -0.15) is 0 Å². The minimum atomic E-state index is -0.257. The average molecular weight is 293 g/mol. The first-order valence-corrected chi connectivity index (χ1v) is 8.17. The third-order valence-electron chi connectivity index (χ3n) is 4.51. The van der Waals surface area contributed by atoms with Gasteiger partial charge in [-0.1, -0.05) is 6.92 Å². The number of hydrogen-bond acceptors (Lipinski definition) is 2. The normalized spacial score (nSPS) is 34.0. The van der Waals surface area contributed by atoms with Crippen LogP contribution < -0.4 is 4.90 Å². The third kappa shape index (κ3) is 2.24. The molecule has 0 radical (unpaired) electrons. The van der Waals surface area contributed by atoms with E-state index in [1.165, 1.54) is 12.1 Å². The van der Waals surface area contributed by atoms with E-state index in [-0.39, 0.29) is 21.8 Å². The molecule has 0 N–H and O–H groups in total. The lowest BCUT2D eigenvalue weighted by molar-refractivity contribution is -0.118. The van der Waals surface area contributed by atoms with E-state index in [9.17, 15) is 9.18 Å². The van der Waals surface area contributed by atoms with Crippen molar-refractivity contribution in [2.24, 2.45) is 5.92 Å². The Bertz CT molecular complexity index is 508. The van der Waals surface area contributed by atoms with Crippen LogP contribution in [0.1, 0.15) is 39.5 Å². The molecule has 108 valence electrons. The van der Waals surface area contributed by atoms with E-state index in [0.717, 1.165) is 37.3 Å². The fourth-order valence-corrected chi connectivity index (χ4v) is 4.96. The second-order valence-electron chi connectivity index (χ2n) is 6.04. The molecule has 1 aliphatic carbocycles. The van der Waals surface area contributed by atoms with Gasteiger partial charge in [0.05, 0.1) is 10.1 Å². The first-order valence-electron chi connectivity index (χ1n) is 7.29. The fourth-order valence-electron chi connectivity index (χ4n) is 3.32. The molecule has 1 spiro atoms. The van der Waals surface area contributed by atoms with Crippen LogP contribution >= 0.6 is 11.8 Å². The zero-order chi connectivity index (χ0) is 14.3. The molecule has 1 atom stereocenters. The van der Waals surface area contributed by atoms with Gasteiger partial charge in [-0.05, 0) is 62.8 Å². The Labute approximate surface area is 123 Å². The summed E-state index contributed by atoms with van der Waals surface area (Å²) in [7, 11) is 0. The number of thioether (sulfide) groups is 1. The van der Waals surface area contributed by atoms with Crippen molar-refractivity contribution in [3.63, 3.8) is 0 Å². The first kappa shape index (κ1) is 13.9. The number of halogens is 1. The minimum absolute atomic E-state index is 0.00606. The standard InChI is InChI=1S/C16H20FNOS/c1-11-7-9-16(10-8-11)18(15(19)12(2)20-16)14-5-3-13(17)4-6-14/h3-6,11-12H,7-10H2,1-2H3/t11?,12-,16?/m0/s1. The molecular formula is C16H20FNOS. The summed E-state index contributed by atoms with van der Waals surface area (Å²) < 4.78 is 13.1. The van der Waals surface area contributed by atoms with Crippen molar-refractivity contribution in [3.05, 3.63) is 30.1 Å². The van der Waals surface area contributed by atoms with Crippen molar-refractivity contribution in [3.8, 4) is 0 Å². The molecule has 1 saturated carbocycles. The molecule has 0 aromatic heterocycles. The summed E-state index contributed by atoms with van der Waals surface area (Å²) in [6.07, 6.45) is 4.38. The van der Waals surface area contributed by atoms with Crippen LogP contribution in [-0.4, -0.2) is 16.0 Å². The van der Waals surface area contributed by atoms with Gasteiger partial charge in [0.15, 0.2) is 0 Å². The van der Waals surface area contributed by atoms with Gasteiger partial charge < -0.3 is 0 Å². The highest BCUT2D eigenvalue weighted by molar-refractivity contribution is 8.02. The second-order valence-corrected chi connectivity index (χ2v) is 7.74.